The highest BCUT2D eigenvalue weighted by molar-refractivity contribution is 8.23. The highest BCUT2D eigenvalue weighted by Gasteiger charge is 2.26. The molecule has 0 spiro atoms. The van der Waals surface area contributed by atoms with Crippen molar-refractivity contribution >= 4 is 40.1 Å². The molecule has 2 aliphatic rings. The highest BCUT2D eigenvalue weighted by atomic mass is 32.2. The second-order valence-corrected chi connectivity index (χ2v) is 6.03. The van der Waals surface area contributed by atoms with Crippen molar-refractivity contribution in [3.05, 3.63) is 23.8 Å². The summed E-state index contributed by atoms with van der Waals surface area (Å²) < 4.78 is 11.0. The summed E-state index contributed by atoms with van der Waals surface area (Å²) in [6.45, 7) is 0.910. The number of thiocarbonyl (C=S) groups is 1. The van der Waals surface area contributed by atoms with E-state index in [1.807, 2.05) is 0 Å². The average molecular weight is 324 g/mol. The van der Waals surface area contributed by atoms with Crippen LogP contribution < -0.4 is 14.8 Å². The lowest BCUT2D eigenvalue weighted by atomic mass is 10.2. The van der Waals surface area contributed by atoms with Crippen LogP contribution in [0.2, 0.25) is 0 Å². The maximum Gasteiger partial charge on any atom is 0.251 e. The molecule has 0 aliphatic carbocycles. The van der Waals surface area contributed by atoms with Crippen molar-refractivity contribution < 1.29 is 19.1 Å². The molecule has 1 aromatic carbocycles. The van der Waals surface area contributed by atoms with Gasteiger partial charge in [0, 0.05) is 18.7 Å². The van der Waals surface area contributed by atoms with Crippen LogP contribution in [0.15, 0.2) is 18.2 Å². The molecule has 0 bridgehead atoms. The van der Waals surface area contributed by atoms with E-state index in [2.05, 4.69) is 5.32 Å². The Morgan fingerprint density at radius 3 is 2.95 bits per heavy atom. The van der Waals surface area contributed by atoms with Crippen LogP contribution in [0.5, 0.6) is 11.5 Å². The number of nitrogens with one attached hydrogen (secondary N) is 1. The summed E-state index contributed by atoms with van der Waals surface area (Å²) in [5, 5.41) is 2.76. The van der Waals surface area contributed by atoms with Crippen molar-refractivity contribution in [3.8, 4) is 11.5 Å². The lowest BCUT2D eigenvalue weighted by Crippen LogP contribution is -2.37. The van der Waals surface area contributed by atoms with Crippen LogP contribution in [-0.2, 0) is 4.79 Å². The van der Waals surface area contributed by atoms with Crippen LogP contribution in [0.3, 0.4) is 0 Å². The van der Waals surface area contributed by atoms with Crippen molar-refractivity contribution in [1.82, 2.24) is 10.2 Å². The number of thioether (sulfide) groups is 1. The number of ether oxygens (including phenoxy) is 2. The Balaban J connectivity index is 1.55. The molecule has 1 saturated heterocycles. The number of amides is 2. The molecular weight excluding hydrogens is 312 g/mol. The van der Waals surface area contributed by atoms with E-state index in [0.29, 0.717) is 40.2 Å². The summed E-state index contributed by atoms with van der Waals surface area (Å²) in [5.41, 5.74) is 0.490. The summed E-state index contributed by atoms with van der Waals surface area (Å²) >= 11 is 6.42. The third kappa shape index (κ3) is 2.96. The number of hydrogen-bond donors (Lipinski definition) is 1. The zero-order valence-electron chi connectivity index (χ0n) is 11.0. The van der Waals surface area contributed by atoms with E-state index in [-0.39, 0.29) is 18.6 Å². The van der Waals surface area contributed by atoms with E-state index in [1.165, 1.54) is 16.7 Å². The number of benzene rings is 1. The van der Waals surface area contributed by atoms with Gasteiger partial charge in [0.25, 0.3) is 5.91 Å². The van der Waals surface area contributed by atoms with E-state index >= 15 is 0 Å². The molecule has 2 heterocycles. The third-order valence-corrected chi connectivity index (χ3v) is 4.53. The molecule has 21 heavy (non-hydrogen) atoms. The van der Waals surface area contributed by atoms with Gasteiger partial charge in [-0.05, 0) is 18.2 Å². The molecule has 0 atom stereocenters. The minimum absolute atomic E-state index is 0.0117. The van der Waals surface area contributed by atoms with Gasteiger partial charge in [-0.15, -0.1) is 0 Å². The Labute approximate surface area is 130 Å². The topological polar surface area (TPSA) is 67.9 Å². The number of hydrogen-bond acceptors (Lipinski definition) is 6. The van der Waals surface area contributed by atoms with Crippen LogP contribution in [0, 0.1) is 0 Å². The van der Waals surface area contributed by atoms with Gasteiger partial charge in [0.2, 0.25) is 12.7 Å². The van der Waals surface area contributed by atoms with Crippen LogP contribution in [0.25, 0.3) is 0 Å². The third-order valence-electron chi connectivity index (χ3n) is 3.10. The summed E-state index contributed by atoms with van der Waals surface area (Å²) in [5.74, 6) is 1.35. The summed E-state index contributed by atoms with van der Waals surface area (Å²) in [6.07, 6.45) is 0. The quantitative estimate of drug-likeness (QED) is 0.834. The highest BCUT2D eigenvalue weighted by Crippen LogP contribution is 2.32. The maximum atomic E-state index is 12.0. The Morgan fingerprint density at radius 1 is 1.38 bits per heavy atom. The van der Waals surface area contributed by atoms with Crippen molar-refractivity contribution in [2.45, 2.75) is 0 Å². The lowest BCUT2D eigenvalue weighted by Gasteiger charge is -2.15. The normalized spacial score (nSPS) is 16.5. The summed E-state index contributed by atoms with van der Waals surface area (Å²) in [4.78, 5) is 25.1. The Kier molecular flexibility index (Phi) is 3.98. The average Bonchev–Trinajstić information content (AvgIpc) is 3.07. The van der Waals surface area contributed by atoms with E-state index in [9.17, 15) is 9.59 Å². The van der Waals surface area contributed by atoms with Crippen LogP contribution in [0.4, 0.5) is 0 Å². The van der Waals surface area contributed by atoms with Gasteiger partial charge in [0.1, 0.15) is 4.32 Å². The predicted octanol–water partition coefficient (Wildman–Crippen LogP) is 1.01. The van der Waals surface area contributed by atoms with E-state index in [1.54, 1.807) is 18.2 Å². The van der Waals surface area contributed by atoms with Crippen LogP contribution in [0.1, 0.15) is 10.4 Å². The fourth-order valence-corrected chi connectivity index (χ4v) is 3.14. The van der Waals surface area contributed by atoms with E-state index in [0.717, 1.165) is 0 Å². The number of fused-ring (bicyclic) bond motifs is 1. The minimum Gasteiger partial charge on any atom is -0.454 e. The van der Waals surface area contributed by atoms with Crippen molar-refractivity contribution in [1.29, 1.82) is 0 Å². The molecule has 2 amide bonds. The molecule has 110 valence electrons. The number of nitrogens with zero attached hydrogens (tertiary/aromatic N) is 1. The van der Waals surface area contributed by atoms with Crippen molar-refractivity contribution in [3.63, 3.8) is 0 Å². The summed E-state index contributed by atoms with van der Waals surface area (Å²) in [7, 11) is 0. The first-order valence-corrected chi connectivity index (χ1v) is 7.69. The molecule has 1 aromatic rings. The fourth-order valence-electron chi connectivity index (χ4n) is 2.02. The van der Waals surface area contributed by atoms with Gasteiger partial charge in [-0.2, -0.15) is 0 Å². The molecule has 3 rings (SSSR count). The second-order valence-electron chi connectivity index (χ2n) is 4.42. The van der Waals surface area contributed by atoms with Gasteiger partial charge in [0.05, 0.1) is 5.75 Å². The first-order chi connectivity index (χ1) is 10.1. The molecule has 6 nitrogen and oxygen atoms in total. The largest absolute Gasteiger partial charge is 0.454 e. The second kappa shape index (κ2) is 5.90. The van der Waals surface area contributed by atoms with Gasteiger partial charge < -0.3 is 14.8 Å². The monoisotopic (exact) mass is 324 g/mol. The smallest absolute Gasteiger partial charge is 0.251 e. The van der Waals surface area contributed by atoms with Crippen LogP contribution >= 0.6 is 24.0 Å². The maximum absolute atomic E-state index is 12.0. The Hall–Kier alpha value is -1.80. The van der Waals surface area contributed by atoms with E-state index < -0.39 is 0 Å². The first-order valence-electron chi connectivity index (χ1n) is 6.30. The number of carbonyl (C=O) groups is 2. The molecule has 0 unspecified atom stereocenters. The zero-order valence-corrected chi connectivity index (χ0v) is 12.6. The Morgan fingerprint density at radius 2 is 2.19 bits per heavy atom. The van der Waals surface area contributed by atoms with Crippen LogP contribution in [-0.4, -0.2) is 46.7 Å². The molecule has 1 N–H and O–H groups in total. The summed E-state index contributed by atoms with van der Waals surface area (Å²) in [6, 6.07) is 5.01. The first kappa shape index (κ1) is 14.2. The molecule has 0 radical (unpaired) electrons. The molecular formula is C13H12N2O4S2. The lowest BCUT2D eigenvalue weighted by molar-refractivity contribution is -0.123. The van der Waals surface area contributed by atoms with Gasteiger partial charge >= 0.3 is 0 Å². The van der Waals surface area contributed by atoms with Gasteiger partial charge in [-0.1, -0.05) is 24.0 Å². The molecule has 0 saturated carbocycles. The molecule has 1 fully saturated rings. The van der Waals surface area contributed by atoms with Gasteiger partial charge in [-0.25, -0.2) is 0 Å². The molecule has 2 aliphatic heterocycles. The van der Waals surface area contributed by atoms with Gasteiger partial charge in [-0.3, -0.25) is 14.5 Å². The molecule has 0 aromatic heterocycles. The number of carbonyl (C=O) groups excluding carboxylic acids is 2. The fraction of sp³-hybridized carbons (Fsp3) is 0.308. The Bertz CT molecular complexity index is 604. The number of rotatable bonds is 4. The minimum atomic E-state index is -0.224. The zero-order chi connectivity index (χ0) is 14.8. The predicted molar refractivity (Wildman–Crippen MR) is 81.7 cm³/mol. The standard InChI is InChI=1S/C13H12N2O4S2/c16-11-6-21-13(20)15(11)4-3-14-12(17)8-1-2-9-10(5-8)19-7-18-9/h1-2,5H,3-4,6-7H2,(H,14,17). The molecule has 8 heteroatoms. The van der Waals surface area contributed by atoms with E-state index in [4.69, 9.17) is 21.7 Å². The SMILES string of the molecule is O=C(NCCN1C(=O)CSC1=S)c1ccc2c(c1)OCO2. The van der Waals surface area contributed by atoms with Crippen molar-refractivity contribution in [2.75, 3.05) is 25.6 Å². The van der Waals surface area contributed by atoms with Gasteiger partial charge in [0.15, 0.2) is 11.5 Å². The van der Waals surface area contributed by atoms with Crippen molar-refractivity contribution in [2.24, 2.45) is 0 Å².